The molecule has 0 aromatic heterocycles. The van der Waals surface area contributed by atoms with E-state index in [1.807, 2.05) is 61.5 Å². The summed E-state index contributed by atoms with van der Waals surface area (Å²) in [6.45, 7) is 2.47. The van der Waals surface area contributed by atoms with Crippen molar-refractivity contribution >= 4 is 35.7 Å². The number of hydrogen-bond acceptors (Lipinski definition) is 4. The zero-order chi connectivity index (χ0) is 25.1. The summed E-state index contributed by atoms with van der Waals surface area (Å²) >= 11 is 7.82. The van der Waals surface area contributed by atoms with Crippen LogP contribution in [0.25, 0.3) is 11.1 Å². The molecule has 180 valence electrons. The highest BCUT2D eigenvalue weighted by molar-refractivity contribution is 7.99. The fourth-order valence-corrected chi connectivity index (χ4v) is 6.05. The second kappa shape index (κ2) is 10.6. The highest BCUT2D eigenvalue weighted by Crippen LogP contribution is 2.44. The van der Waals surface area contributed by atoms with E-state index >= 15 is 0 Å². The van der Waals surface area contributed by atoms with Gasteiger partial charge in [-0.2, -0.15) is 0 Å². The molecule has 1 aliphatic rings. The second-order valence-electron chi connectivity index (χ2n) is 8.65. The van der Waals surface area contributed by atoms with Crippen molar-refractivity contribution in [3.05, 3.63) is 118 Å². The lowest BCUT2D eigenvalue weighted by Crippen LogP contribution is -2.26. The monoisotopic (exact) mass is 513 g/mol. The number of aldehydes is 1. The number of amides is 1. The summed E-state index contributed by atoms with van der Waals surface area (Å²) in [5.74, 6) is 0.00234. The van der Waals surface area contributed by atoms with Crippen LogP contribution < -0.4 is 5.32 Å². The van der Waals surface area contributed by atoms with Gasteiger partial charge in [0.05, 0.1) is 0 Å². The zero-order valence-corrected chi connectivity index (χ0v) is 21.2. The number of ether oxygens (including phenoxy) is 1. The van der Waals surface area contributed by atoms with Gasteiger partial charge in [0.1, 0.15) is 6.61 Å². The SMILES string of the molecule is Cc1cc(Cl)cc(CNC(=O)OCC2c3ccccc3-c3ccccc32)c1Sc1ccccc1C=O. The summed E-state index contributed by atoms with van der Waals surface area (Å²) in [7, 11) is 0. The summed E-state index contributed by atoms with van der Waals surface area (Å²) in [6.07, 6.45) is 0.362. The molecule has 4 aromatic rings. The van der Waals surface area contributed by atoms with Crippen molar-refractivity contribution in [2.45, 2.75) is 29.2 Å². The molecular formula is C30H24ClNO3S. The first kappa shape index (κ1) is 24.2. The minimum absolute atomic E-state index is 0.00234. The molecule has 1 amide bonds. The zero-order valence-electron chi connectivity index (χ0n) is 19.7. The number of rotatable bonds is 7. The van der Waals surface area contributed by atoms with Crippen molar-refractivity contribution in [3.63, 3.8) is 0 Å². The van der Waals surface area contributed by atoms with Crippen molar-refractivity contribution in [3.8, 4) is 11.1 Å². The van der Waals surface area contributed by atoms with Crippen molar-refractivity contribution in [1.29, 1.82) is 0 Å². The van der Waals surface area contributed by atoms with E-state index in [2.05, 4.69) is 29.6 Å². The number of halogens is 1. The molecule has 0 heterocycles. The van der Waals surface area contributed by atoms with Gasteiger partial charge in [0.15, 0.2) is 6.29 Å². The van der Waals surface area contributed by atoms with E-state index < -0.39 is 6.09 Å². The molecular weight excluding hydrogens is 490 g/mol. The summed E-state index contributed by atoms with van der Waals surface area (Å²) < 4.78 is 5.68. The molecule has 4 nitrogen and oxygen atoms in total. The number of carbonyl (C=O) groups excluding carboxylic acids is 2. The van der Waals surface area contributed by atoms with Crippen LogP contribution in [0.3, 0.4) is 0 Å². The molecule has 0 radical (unpaired) electrons. The minimum Gasteiger partial charge on any atom is -0.449 e. The number of hydrogen-bond donors (Lipinski definition) is 1. The van der Waals surface area contributed by atoms with Crippen molar-refractivity contribution in [1.82, 2.24) is 5.32 Å². The van der Waals surface area contributed by atoms with Gasteiger partial charge in [-0.3, -0.25) is 4.79 Å². The quantitative estimate of drug-likeness (QED) is 0.258. The van der Waals surface area contributed by atoms with E-state index in [0.29, 0.717) is 10.6 Å². The Bertz CT molecular complexity index is 1410. The lowest BCUT2D eigenvalue weighted by atomic mass is 9.98. The van der Waals surface area contributed by atoms with Gasteiger partial charge in [-0.25, -0.2) is 4.79 Å². The molecule has 4 aromatic carbocycles. The Morgan fingerprint density at radius 1 is 0.972 bits per heavy atom. The Morgan fingerprint density at radius 3 is 2.31 bits per heavy atom. The van der Waals surface area contributed by atoms with Gasteiger partial charge in [-0.15, -0.1) is 0 Å². The predicted molar refractivity (Wildman–Crippen MR) is 144 cm³/mol. The van der Waals surface area contributed by atoms with Crippen LogP contribution >= 0.6 is 23.4 Å². The number of fused-ring (bicyclic) bond motifs is 3. The fraction of sp³-hybridized carbons (Fsp3) is 0.133. The van der Waals surface area contributed by atoms with Crippen molar-refractivity contribution < 1.29 is 14.3 Å². The minimum atomic E-state index is -0.487. The van der Waals surface area contributed by atoms with Crippen LogP contribution in [-0.2, 0) is 11.3 Å². The van der Waals surface area contributed by atoms with Crippen LogP contribution in [0.4, 0.5) is 4.79 Å². The maximum atomic E-state index is 12.7. The van der Waals surface area contributed by atoms with Crippen LogP contribution in [0.2, 0.25) is 5.02 Å². The molecule has 36 heavy (non-hydrogen) atoms. The first-order chi connectivity index (χ1) is 17.5. The maximum Gasteiger partial charge on any atom is 0.407 e. The lowest BCUT2D eigenvalue weighted by molar-refractivity contribution is 0.112. The Labute approximate surface area is 219 Å². The molecule has 1 N–H and O–H groups in total. The summed E-state index contributed by atoms with van der Waals surface area (Å²) in [4.78, 5) is 26.0. The van der Waals surface area contributed by atoms with Crippen molar-refractivity contribution in [2.24, 2.45) is 0 Å². The largest absolute Gasteiger partial charge is 0.449 e. The molecule has 0 unspecified atom stereocenters. The smallest absolute Gasteiger partial charge is 0.407 e. The van der Waals surface area contributed by atoms with Gasteiger partial charge < -0.3 is 10.1 Å². The lowest BCUT2D eigenvalue weighted by Gasteiger charge is -2.16. The first-order valence-electron chi connectivity index (χ1n) is 11.6. The summed E-state index contributed by atoms with van der Waals surface area (Å²) in [5, 5.41) is 3.47. The molecule has 0 saturated heterocycles. The van der Waals surface area contributed by atoms with E-state index in [1.54, 1.807) is 6.07 Å². The predicted octanol–water partition coefficient (Wildman–Crippen LogP) is 7.65. The molecule has 0 bridgehead atoms. The Balaban J connectivity index is 1.29. The van der Waals surface area contributed by atoms with E-state index in [4.69, 9.17) is 16.3 Å². The number of nitrogens with one attached hydrogen (secondary N) is 1. The van der Waals surface area contributed by atoms with Gasteiger partial charge in [0, 0.05) is 32.8 Å². The molecule has 0 aliphatic heterocycles. The normalized spacial score (nSPS) is 12.1. The van der Waals surface area contributed by atoms with E-state index in [1.165, 1.54) is 34.0 Å². The van der Waals surface area contributed by atoms with Gasteiger partial charge in [-0.05, 0) is 58.5 Å². The average Bonchev–Trinajstić information content (AvgIpc) is 3.22. The number of benzene rings is 4. The van der Waals surface area contributed by atoms with Gasteiger partial charge >= 0.3 is 6.09 Å². The topological polar surface area (TPSA) is 55.4 Å². The van der Waals surface area contributed by atoms with Gasteiger partial charge in [-0.1, -0.05) is 90.1 Å². The Kier molecular flexibility index (Phi) is 7.12. The standard InChI is InChI=1S/C30H24ClNO3S/c1-19-14-22(31)15-21(29(19)36-28-13-7-2-8-20(28)17-33)16-32-30(34)35-18-27-25-11-5-3-9-23(25)24-10-4-6-12-26(24)27/h2-15,17,27H,16,18H2,1H3,(H,32,34). The number of alkyl carbamates (subject to hydrolysis) is 1. The third kappa shape index (κ3) is 4.90. The average molecular weight is 514 g/mol. The maximum absolute atomic E-state index is 12.7. The Hall–Kier alpha value is -3.54. The molecule has 5 rings (SSSR count). The van der Waals surface area contributed by atoms with E-state index in [-0.39, 0.29) is 19.1 Å². The highest BCUT2D eigenvalue weighted by atomic mass is 35.5. The van der Waals surface area contributed by atoms with Crippen LogP contribution in [-0.4, -0.2) is 19.0 Å². The summed E-state index contributed by atoms with van der Waals surface area (Å²) in [6, 6.07) is 27.6. The van der Waals surface area contributed by atoms with Crippen molar-refractivity contribution in [2.75, 3.05) is 6.61 Å². The highest BCUT2D eigenvalue weighted by Gasteiger charge is 2.29. The van der Waals surface area contributed by atoms with Crippen LogP contribution in [0.1, 0.15) is 38.5 Å². The second-order valence-corrected chi connectivity index (χ2v) is 10.1. The molecule has 0 spiro atoms. The van der Waals surface area contributed by atoms with Crippen LogP contribution in [0.15, 0.2) is 94.7 Å². The molecule has 1 aliphatic carbocycles. The van der Waals surface area contributed by atoms with Gasteiger partial charge in [0.25, 0.3) is 0 Å². The third-order valence-corrected chi connectivity index (χ3v) is 7.94. The summed E-state index contributed by atoms with van der Waals surface area (Å²) in [5.41, 5.74) is 7.17. The number of carbonyl (C=O) groups is 2. The van der Waals surface area contributed by atoms with Crippen LogP contribution in [0.5, 0.6) is 0 Å². The number of aryl methyl sites for hydroxylation is 1. The molecule has 6 heteroatoms. The van der Waals surface area contributed by atoms with Gasteiger partial charge in [0.2, 0.25) is 0 Å². The van der Waals surface area contributed by atoms with E-state index in [0.717, 1.165) is 27.2 Å². The Morgan fingerprint density at radius 2 is 1.61 bits per heavy atom. The van der Waals surface area contributed by atoms with E-state index in [9.17, 15) is 9.59 Å². The molecule has 0 atom stereocenters. The van der Waals surface area contributed by atoms with Crippen LogP contribution in [0, 0.1) is 6.92 Å². The molecule has 0 fully saturated rings. The first-order valence-corrected chi connectivity index (χ1v) is 12.8. The molecule has 0 saturated carbocycles. The third-order valence-electron chi connectivity index (χ3n) is 6.34. The fourth-order valence-electron chi connectivity index (χ4n) is 4.67.